The normalized spacial score (nSPS) is 12.7. The van der Waals surface area contributed by atoms with Crippen LogP contribution in [0.15, 0.2) is 79.4 Å². The van der Waals surface area contributed by atoms with Gasteiger partial charge in [-0.25, -0.2) is 0 Å². The summed E-state index contributed by atoms with van der Waals surface area (Å²) in [6.45, 7) is 4.18. The van der Waals surface area contributed by atoms with Crippen molar-refractivity contribution < 1.29 is 4.79 Å². The fourth-order valence-corrected chi connectivity index (χ4v) is 3.04. The van der Waals surface area contributed by atoms with E-state index in [-0.39, 0.29) is 5.78 Å². The first-order valence-electron chi connectivity index (χ1n) is 7.28. The van der Waals surface area contributed by atoms with Gasteiger partial charge in [0.2, 0.25) is 0 Å². The van der Waals surface area contributed by atoms with E-state index in [1.807, 2.05) is 54.6 Å². The number of benzene rings is 3. The first-order chi connectivity index (χ1) is 10.8. The third kappa shape index (κ3) is 1.83. The van der Waals surface area contributed by atoms with E-state index in [0.29, 0.717) is 0 Å². The number of hydrogen-bond acceptors (Lipinski definition) is 1. The Morgan fingerprint density at radius 3 is 2.00 bits per heavy atom. The minimum atomic E-state index is 0.0794. The van der Waals surface area contributed by atoms with Crippen LogP contribution in [-0.4, -0.2) is 5.78 Å². The fraction of sp³-hybridized carbons (Fsp3) is 0. The molecule has 0 aromatic heterocycles. The highest BCUT2D eigenvalue weighted by Gasteiger charge is 2.25. The van der Waals surface area contributed by atoms with Gasteiger partial charge in [0.25, 0.3) is 0 Å². The third-order valence-corrected chi connectivity index (χ3v) is 4.19. The third-order valence-electron chi connectivity index (χ3n) is 4.19. The molecule has 0 radical (unpaired) electrons. The van der Waals surface area contributed by atoms with Crippen LogP contribution < -0.4 is 0 Å². The van der Waals surface area contributed by atoms with Crippen LogP contribution in [0.2, 0.25) is 0 Å². The van der Waals surface area contributed by atoms with Crippen molar-refractivity contribution in [3.05, 3.63) is 102 Å². The molecule has 1 heteroatoms. The Morgan fingerprint density at radius 2 is 1.23 bits per heavy atom. The average Bonchev–Trinajstić information content (AvgIpc) is 2.60. The van der Waals surface area contributed by atoms with Gasteiger partial charge < -0.3 is 0 Å². The van der Waals surface area contributed by atoms with Gasteiger partial charge in [0.05, 0.1) is 0 Å². The van der Waals surface area contributed by atoms with Crippen LogP contribution in [0.3, 0.4) is 0 Å². The van der Waals surface area contributed by atoms with Gasteiger partial charge in [-0.3, -0.25) is 4.79 Å². The van der Waals surface area contributed by atoms with Crippen LogP contribution in [0, 0.1) is 0 Å². The molecule has 4 rings (SSSR count). The summed E-state index contributed by atoms with van der Waals surface area (Å²) in [5, 5.41) is 0. The van der Waals surface area contributed by atoms with E-state index in [0.717, 1.165) is 39.0 Å². The van der Waals surface area contributed by atoms with Crippen molar-refractivity contribution in [2.45, 2.75) is 0 Å². The van der Waals surface area contributed by atoms with Gasteiger partial charge >= 0.3 is 0 Å². The van der Waals surface area contributed by atoms with Gasteiger partial charge in [0, 0.05) is 11.1 Å². The summed E-state index contributed by atoms with van der Waals surface area (Å²) in [6.07, 6.45) is 0. The summed E-state index contributed by atoms with van der Waals surface area (Å²) >= 11 is 0. The molecule has 0 N–H and O–H groups in total. The lowest BCUT2D eigenvalue weighted by Crippen LogP contribution is -2.13. The molecule has 1 aliphatic carbocycles. The molecule has 0 unspecified atom stereocenters. The van der Waals surface area contributed by atoms with E-state index < -0.39 is 0 Å². The maximum Gasteiger partial charge on any atom is 0.194 e. The molecule has 1 aliphatic rings. The lowest BCUT2D eigenvalue weighted by molar-refractivity contribution is 0.103. The van der Waals surface area contributed by atoms with Crippen LogP contribution in [0.5, 0.6) is 0 Å². The second kappa shape index (κ2) is 4.81. The van der Waals surface area contributed by atoms with Crippen molar-refractivity contribution in [3.63, 3.8) is 0 Å². The van der Waals surface area contributed by atoms with Crippen molar-refractivity contribution in [3.8, 4) is 11.1 Å². The lowest BCUT2D eigenvalue weighted by Gasteiger charge is -2.21. The van der Waals surface area contributed by atoms with E-state index in [1.165, 1.54) is 0 Å². The minimum Gasteiger partial charge on any atom is -0.289 e. The topological polar surface area (TPSA) is 17.1 Å². The summed E-state index contributed by atoms with van der Waals surface area (Å²) in [5.74, 6) is 0.0794. The SMILES string of the molecule is C=C1c2ccccc2C(=O)c2cc(-c3ccccc3)ccc21. The highest BCUT2D eigenvalue weighted by atomic mass is 16.1. The second-order valence-corrected chi connectivity index (χ2v) is 5.48. The first kappa shape index (κ1) is 12.8. The van der Waals surface area contributed by atoms with Gasteiger partial charge in [-0.1, -0.05) is 73.3 Å². The van der Waals surface area contributed by atoms with E-state index >= 15 is 0 Å². The Balaban J connectivity index is 1.91. The standard InChI is InChI=1S/C21H14O/c1-14-17-9-5-6-10-19(17)21(22)20-13-16(11-12-18(14)20)15-7-3-2-4-8-15/h2-13H,1H2. The van der Waals surface area contributed by atoms with Crippen molar-refractivity contribution in [2.24, 2.45) is 0 Å². The molecular weight excluding hydrogens is 268 g/mol. The summed E-state index contributed by atoms with van der Waals surface area (Å²) in [7, 11) is 0. The molecule has 0 fully saturated rings. The Kier molecular flexibility index (Phi) is 2.80. The van der Waals surface area contributed by atoms with E-state index in [1.54, 1.807) is 0 Å². The van der Waals surface area contributed by atoms with Gasteiger partial charge in [-0.2, -0.15) is 0 Å². The maximum absolute atomic E-state index is 12.8. The first-order valence-corrected chi connectivity index (χ1v) is 7.28. The Labute approximate surface area is 129 Å². The predicted octanol–water partition coefficient (Wildman–Crippen LogP) is 4.96. The van der Waals surface area contributed by atoms with Gasteiger partial charge in [-0.05, 0) is 33.9 Å². The van der Waals surface area contributed by atoms with Crippen LogP contribution in [-0.2, 0) is 0 Å². The van der Waals surface area contributed by atoms with Gasteiger partial charge in [-0.15, -0.1) is 0 Å². The zero-order valence-electron chi connectivity index (χ0n) is 12.0. The number of carbonyl (C=O) groups is 1. The highest BCUT2D eigenvalue weighted by molar-refractivity contribution is 6.19. The van der Waals surface area contributed by atoms with E-state index in [4.69, 9.17) is 0 Å². The van der Waals surface area contributed by atoms with Gasteiger partial charge in [0.1, 0.15) is 0 Å². The Morgan fingerprint density at radius 1 is 0.591 bits per heavy atom. The smallest absolute Gasteiger partial charge is 0.194 e. The largest absolute Gasteiger partial charge is 0.289 e. The number of hydrogen-bond donors (Lipinski definition) is 0. The molecule has 0 saturated carbocycles. The second-order valence-electron chi connectivity index (χ2n) is 5.48. The molecule has 0 heterocycles. The highest BCUT2D eigenvalue weighted by Crippen LogP contribution is 2.36. The Bertz CT molecular complexity index is 904. The summed E-state index contributed by atoms with van der Waals surface area (Å²) in [5.41, 5.74) is 6.44. The number of fused-ring (bicyclic) bond motifs is 2. The van der Waals surface area contributed by atoms with Crippen molar-refractivity contribution in [2.75, 3.05) is 0 Å². The average molecular weight is 282 g/mol. The molecule has 22 heavy (non-hydrogen) atoms. The van der Waals surface area contributed by atoms with Crippen LogP contribution in [0.4, 0.5) is 0 Å². The van der Waals surface area contributed by atoms with Crippen LogP contribution in [0.1, 0.15) is 27.0 Å². The zero-order valence-corrected chi connectivity index (χ0v) is 12.0. The Hall–Kier alpha value is -2.93. The molecule has 3 aromatic rings. The molecule has 0 atom stereocenters. The summed E-state index contributed by atoms with van der Waals surface area (Å²) in [4.78, 5) is 12.8. The predicted molar refractivity (Wildman–Crippen MR) is 89.9 cm³/mol. The molecule has 0 spiro atoms. The monoisotopic (exact) mass is 282 g/mol. The molecule has 1 nitrogen and oxygen atoms in total. The molecule has 0 amide bonds. The summed E-state index contributed by atoms with van der Waals surface area (Å²) in [6, 6.07) is 23.8. The van der Waals surface area contributed by atoms with Crippen LogP contribution >= 0.6 is 0 Å². The molecule has 0 bridgehead atoms. The fourth-order valence-electron chi connectivity index (χ4n) is 3.04. The number of carbonyl (C=O) groups excluding carboxylic acids is 1. The molecule has 0 saturated heterocycles. The molecule has 3 aromatic carbocycles. The van der Waals surface area contributed by atoms with E-state index in [9.17, 15) is 4.79 Å². The molecule has 0 aliphatic heterocycles. The number of ketones is 1. The quantitative estimate of drug-likeness (QED) is 0.482. The zero-order chi connectivity index (χ0) is 15.1. The maximum atomic E-state index is 12.8. The molecule has 104 valence electrons. The summed E-state index contributed by atoms with van der Waals surface area (Å²) < 4.78 is 0. The van der Waals surface area contributed by atoms with Crippen LogP contribution in [0.25, 0.3) is 16.7 Å². The molecular formula is C21H14O. The lowest BCUT2D eigenvalue weighted by atomic mass is 9.81. The van der Waals surface area contributed by atoms with E-state index in [2.05, 4.69) is 24.8 Å². The van der Waals surface area contributed by atoms with Crippen molar-refractivity contribution in [1.29, 1.82) is 0 Å². The van der Waals surface area contributed by atoms with Crippen molar-refractivity contribution in [1.82, 2.24) is 0 Å². The minimum absolute atomic E-state index is 0.0794. The number of rotatable bonds is 1. The van der Waals surface area contributed by atoms with Gasteiger partial charge in [0.15, 0.2) is 5.78 Å². The van der Waals surface area contributed by atoms with Crippen molar-refractivity contribution >= 4 is 11.4 Å².